The molecule has 0 aliphatic heterocycles. The third-order valence-corrected chi connectivity index (χ3v) is 2.91. The Balaban J connectivity index is 0.00000225. The first-order valence-corrected chi connectivity index (χ1v) is 6.62. The second-order valence-corrected chi connectivity index (χ2v) is 5.49. The number of sulfonamides is 1. The number of rotatable bonds is 4. The minimum atomic E-state index is -3.21. The highest BCUT2D eigenvalue weighted by atomic mass is 35.5. The van der Waals surface area contributed by atoms with E-state index < -0.39 is 16.1 Å². The van der Waals surface area contributed by atoms with Gasteiger partial charge in [0.15, 0.2) is 0 Å². The number of hydrogen-bond donors (Lipinski definition) is 2. The standard InChI is InChI=1S/C9H13ClN2O2S.ClH/c1-15(13,14)12-6-9(11)7-4-2-3-5-8(7)10;/h2-5,9,12H,6,11H2,1H3;1H. The van der Waals surface area contributed by atoms with Gasteiger partial charge in [0, 0.05) is 17.6 Å². The van der Waals surface area contributed by atoms with E-state index in [0.717, 1.165) is 11.8 Å². The maximum absolute atomic E-state index is 10.9. The molecule has 1 unspecified atom stereocenters. The van der Waals surface area contributed by atoms with E-state index in [2.05, 4.69) is 4.72 Å². The van der Waals surface area contributed by atoms with Crippen molar-refractivity contribution in [2.45, 2.75) is 6.04 Å². The minimum absolute atomic E-state index is 0. The van der Waals surface area contributed by atoms with Gasteiger partial charge in [0.25, 0.3) is 0 Å². The van der Waals surface area contributed by atoms with Crippen molar-refractivity contribution in [1.29, 1.82) is 0 Å². The van der Waals surface area contributed by atoms with Crippen LogP contribution < -0.4 is 10.5 Å². The topological polar surface area (TPSA) is 72.2 Å². The summed E-state index contributed by atoms with van der Waals surface area (Å²) in [5.74, 6) is 0. The van der Waals surface area contributed by atoms with Gasteiger partial charge in [-0.25, -0.2) is 13.1 Å². The molecule has 0 radical (unpaired) electrons. The van der Waals surface area contributed by atoms with Crippen LogP contribution in [0.4, 0.5) is 0 Å². The molecule has 16 heavy (non-hydrogen) atoms. The van der Waals surface area contributed by atoms with E-state index >= 15 is 0 Å². The Bertz CT molecular complexity index is 437. The first kappa shape index (κ1) is 15.7. The maximum atomic E-state index is 10.9. The van der Waals surface area contributed by atoms with Crippen LogP contribution in [0, 0.1) is 0 Å². The van der Waals surface area contributed by atoms with E-state index in [4.69, 9.17) is 17.3 Å². The highest BCUT2D eigenvalue weighted by molar-refractivity contribution is 7.88. The Hall–Kier alpha value is -0.330. The lowest BCUT2D eigenvalue weighted by Gasteiger charge is -2.13. The SMILES string of the molecule is CS(=O)(=O)NCC(N)c1ccccc1Cl.Cl. The summed E-state index contributed by atoms with van der Waals surface area (Å²) in [5.41, 5.74) is 6.52. The highest BCUT2D eigenvalue weighted by Gasteiger charge is 2.11. The zero-order chi connectivity index (χ0) is 11.5. The van der Waals surface area contributed by atoms with E-state index in [0.29, 0.717) is 5.02 Å². The van der Waals surface area contributed by atoms with Gasteiger partial charge >= 0.3 is 0 Å². The third-order valence-electron chi connectivity index (χ3n) is 1.87. The average molecular weight is 285 g/mol. The molecule has 0 aliphatic carbocycles. The molecule has 0 saturated heterocycles. The molecule has 0 saturated carbocycles. The van der Waals surface area contributed by atoms with Gasteiger partial charge in [-0.15, -0.1) is 12.4 Å². The molecule has 0 fully saturated rings. The molecule has 0 amide bonds. The van der Waals surface area contributed by atoms with Crippen molar-refractivity contribution < 1.29 is 8.42 Å². The van der Waals surface area contributed by atoms with E-state index in [1.165, 1.54) is 0 Å². The number of nitrogens with two attached hydrogens (primary N) is 1. The zero-order valence-electron chi connectivity index (χ0n) is 8.68. The molecule has 1 rings (SSSR count). The van der Waals surface area contributed by atoms with E-state index in [1.807, 2.05) is 6.07 Å². The van der Waals surface area contributed by atoms with Crippen LogP contribution in [0.5, 0.6) is 0 Å². The summed E-state index contributed by atoms with van der Waals surface area (Å²) in [4.78, 5) is 0. The van der Waals surface area contributed by atoms with Crippen LogP contribution in [0.2, 0.25) is 5.02 Å². The summed E-state index contributed by atoms with van der Waals surface area (Å²) in [7, 11) is -3.21. The largest absolute Gasteiger partial charge is 0.323 e. The molecule has 0 spiro atoms. The van der Waals surface area contributed by atoms with Crippen molar-refractivity contribution in [2.75, 3.05) is 12.8 Å². The molecule has 0 aliphatic rings. The molecule has 1 aromatic carbocycles. The molecule has 1 atom stereocenters. The summed E-state index contributed by atoms with van der Waals surface area (Å²) in [6.07, 6.45) is 1.09. The summed E-state index contributed by atoms with van der Waals surface area (Å²) in [6, 6.07) is 6.66. The van der Waals surface area contributed by atoms with Gasteiger partial charge in [-0.1, -0.05) is 29.8 Å². The Morgan fingerprint density at radius 1 is 1.44 bits per heavy atom. The van der Waals surface area contributed by atoms with Gasteiger partial charge in [-0.2, -0.15) is 0 Å². The zero-order valence-corrected chi connectivity index (χ0v) is 11.1. The lowest BCUT2D eigenvalue weighted by molar-refractivity contribution is 0.578. The van der Waals surface area contributed by atoms with Crippen molar-refractivity contribution in [1.82, 2.24) is 4.72 Å². The molecule has 3 N–H and O–H groups in total. The van der Waals surface area contributed by atoms with Crippen molar-refractivity contribution in [2.24, 2.45) is 5.73 Å². The first-order valence-electron chi connectivity index (χ1n) is 4.35. The van der Waals surface area contributed by atoms with Gasteiger partial charge in [0.05, 0.1) is 6.26 Å². The molecule has 92 valence electrons. The van der Waals surface area contributed by atoms with E-state index in [9.17, 15) is 8.42 Å². The lowest BCUT2D eigenvalue weighted by atomic mass is 10.1. The van der Waals surface area contributed by atoms with E-state index in [1.54, 1.807) is 18.2 Å². The monoisotopic (exact) mass is 284 g/mol. The summed E-state index contributed by atoms with van der Waals surface area (Å²) < 4.78 is 24.0. The van der Waals surface area contributed by atoms with Gasteiger partial charge < -0.3 is 5.73 Å². The van der Waals surface area contributed by atoms with Crippen LogP contribution in [-0.2, 0) is 10.0 Å². The smallest absolute Gasteiger partial charge is 0.208 e. The Morgan fingerprint density at radius 3 is 2.50 bits per heavy atom. The molecule has 0 heterocycles. The molecular weight excluding hydrogens is 271 g/mol. The number of benzene rings is 1. The predicted octanol–water partition coefficient (Wildman–Crippen LogP) is 1.31. The van der Waals surface area contributed by atoms with Crippen LogP contribution >= 0.6 is 24.0 Å². The summed E-state index contributed by atoms with van der Waals surface area (Å²) in [6.45, 7) is 0.141. The van der Waals surface area contributed by atoms with Gasteiger partial charge in [0.1, 0.15) is 0 Å². The van der Waals surface area contributed by atoms with Crippen LogP contribution in [0.15, 0.2) is 24.3 Å². The summed E-state index contributed by atoms with van der Waals surface area (Å²) in [5, 5.41) is 0.542. The highest BCUT2D eigenvalue weighted by Crippen LogP contribution is 2.20. The predicted molar refractivity (Wildman–Crippen MR) is 68.5 cm³/mol. The van der Waals surface area contributed by atoms with E-state index in [-0.39, 0.29) is 19.0 Å². The number of halogens is 2. The fourth-order valence-corrected chi connectivity index (χ4v) is 1.89. The molecule has 1 aromatic rings. The fourth-order valence-electron chi connectivity index (χ4n) is 1.13. The average Bonchev–Trinajstić information content (AvgIpc) is 2.14. The quantitative estimate of drug-likeness (QED) is 0.876. The van der Waals surface area contributed by atoms with Gasteiger partial charge in [-0.3, -0.25) is 0 Å². The van der Waals surface area contributed by atoms with Gasteiger partial charge in [0.2, 0.25) is 10.0 Å². The first-order chi connectivity index (χ1) is 6.90. The van der Waals surface area contributed by atoms with Crippen molar-refractivity contribution in [3.05, 3.63) is 34.9 Å². The van der Waals surface area contributed by atoms with Crippen molar-refractivity contribution in [3.63, 3.8) is 0 Å². The fraction of sp³-hybridized carbons (Fsp3) is 0.333. The van der Waals surface area contributed by atoms with Crippen LogP contribution in [0.25, 0.3) is 0 Å². The van der Waals surface area contributed by atoms with Crippen LogP contribution in [-0.4, -0.2) is 21.2 Å². The number of nitrogens with one attached hydrogen (secondary N) is 1. The van der Waals surface area contributed by atoms with Gasteiger partial charge in [-0.05, 0) is 11.6 Å². The summed E-state index contributed by atoms with van der Waals surface area (Å²) >= 11 is 5.91. The lowest BCUT2D eigenvalue weighted by Crippen LogP contribution is -2.31. The number of hydrogen-bond acceptors (Lipinski definition) is 3. The maximum Gasteiger partial charge on any atom is 0.208 e. The Morgan fingerprint density at radius 2 is 2.00 bits per heavy atom. The Labute approximate surface area is 107 Å². The van der Waals surface area contributed by atoms with Crippen molar-refractivity contribution >= 4 is 34.0 Å². The normalized spacial score (nSPS) is 12.9. The molecule has 7 heteroatoms. The molecule has 4 nitrogen and oxygen atoms in total. The molecule has 0 aromatic heterocycles. The Kier molecular flexibility index (Phi) is 6.28. The second-order valence-electron chi connectivity index (χ2n) is 3.25. The van der Waals surface area contributed by atoms with Crippen LogP contribution in [0.1, 0.15) is 11.6 Å². The van der Waals surface area contributed by atoms with Crippen LogP contribution in [0.3, 0.4) is 0 Å². The van der Waals surface area contributed by atoms with Crippen molar-refractivity contribution in [3.8, 4) is 0 Å². The molecular formula is C9H14Cl2N2O2S. The second kappa shape index (κ2) is 6.42. The molecule has 0 bridgehead atoms. The minimum Gasteiger partial charge on any atom is -0.323 e. The third kappa shape index (κ3) is 5.14.